The molecule has 1 aliphatic rings. The Kier molecular flexibility index (Phi) is 9.36. The Hall–Kier alpha value is -3.67. The monoisotopic (exact) mass is 480 g/mol. The molecule has 1 aromatic carbocycles. The lowest BCUT2D eigenvalue weighted by Gasteiger charge is -2.44. The van der Waals surface area contributed by atoms with Crippen LogP contribution in [0.4, 0.5) is 5.69 Å². The Bertz CT molecular complexity index is 917. The van der Waals surface area contributed by atoms with Gasteiger partial charge in [-0.15, -0.1) is 0 Å². The molecule has 0 saturated carbocycles. The van der Waals surface area contributed by atoms with E-state index in [0.717, 1.165) is 13.8 Å². The second kappa shape index (κ2) is 12.0. The van der Waals surface area contributed by atoms with Crippen LogP contribution in [0.15, 0.2) is 24.3 Å². The molecular weight excluding hydrogens is 452 g/mol. The van der Waals surface area contributed by atoms with E-state index >= 15 is 0 Å². The highest BCUT2D eigenvalue weighted by Gasteiger charge is 2.51. The minimum Gasteiger partial charge on any atom is -0.463 e. The molecule has 1 aromatic rings. The van der Waals surface area contributed by atoms with Crippen LogP contribution >= 0.6 is 0 Å². The topological polar surface area (TPSA) is 156 Å². The van der Waals surface area contributed by atoms with Crippen LogP contribution in [0.2, 0.25) is 0 Å². The predicted octanol–water partition coefficient (Wildman–Crippen LogP) is 0.680. The van der Waals surface area contributed by atoms with Crippen molar-refractivity contribution in [3.8, 4) is 5.75 Å². The standard InChI is InChI=1S/C22H28N2O10/c1-11(25)23-16-6-8-17(9-7-16)33-22-19(24-12(2)26)21(32-15(5)29)20(31-14(4)28)18(34-22)10-30-13(3)27/h6-9,18-22H,10H2,1-5H3,(H,23,25)(H,24,26)/t18-,19-,20-,21-,22-/m0/s1. The molecule has 0 unspecified atom stereocenters. The zero-order valence-corrected chi connectivity index (χ0v) is 19.5. The number of ether oxygens (including phenoxy) is 5. The molecule has 1 saturated heterocycles. The normalized spacial score (nSPS) is 23.7. The van der Waals surface area contributed by atoms with Crippen LogP contribution in [0.3, 0.4) is 0 Å². The van der Waals surface area contributed by atoms with Gasteiger partial charge in [-0.3, -0.25) is 24.0 Å². The van der Waals surface area contributed by atoms with Gasteiger partial charge >= 0.3 is 17.9 Å². The summed E-state index contributed by atoms with van der Waals surface area (Å²) in [4.78, 5) is 58.2. The number of carbonyl (C=O) groups is 5. The van der Waals surface area contributed by atoms with Crippen molar-refractivity contribution in [2.24, 2.45) is 0 Å². The fourth-order valence-electron chi connectivity index (χ4n) is 3.35. The van der Waals surface area contributed by atoms with Gasteiger partial charge in [-0.2, -0.15) is 0 Å². The summed E-state index contributed by atoms with van der Waals surface area (Å²) in [5, 5.41) is 5.23. The van der Waals surface area contributed by atoms with Crippen LogP contribution in [0.5, 0.6) is 5.75 Å². The van der Waals surface area contributed by atoms with Crippen molar-refractivity contribution in [3.05, 3.63) is 24.3 Å². The van der Waals surface area contributed by atoms with Crippen LogP contribution in [-0.4, -0.2) is 67.0 Å². The van der Waals surface area contributed by atoms with Gasteiger partial charge in [0.05, 0.1) is 0 Å². The summed E-state index contributed by atoms with van der Waals surface area (Å²) in [6.07, 6.45) is -4.74. The molecule has 0 aliphatic carbocycles. The van der Waals surface area contributed by atoms with Crippen LogP contribution < -0.4 is 15.4 Å². The number of carbonyl (C=O) groups excluding carboxylic acids is 5. The Morgan fingerprint density at radius 1 is 0.824 bits per heavy atom. The van der Waals surface area contributed by atoms with Gasteiger partial charge in [-0.1, -0.05) is 0 Å². The first-order valence-electron chi connectivity index (χ1n) is 10.4. The largest absolute Gasteiger partial charge is 0.463 e. The number of hydrogen-bond acceptors (Lipinski definition) is 10. The summed E-state index contributed by atoms with van der Waals surface area (Å²) in [5.41, 5.74) is 0.531. The van der Waals surface area contributed by atoms with Gasteiger partial charge in [0, 0.05) is 40.3 Å². The van der Waals surface area contributed by atoms with Crippen LogP contribution in [-0.2, 0) is 42.9 Å². The van der Waals surface area contributed by atoms with E-state index in [0.29, 0.717) is 11.4 Å². The Labute approximate surface area is 196 Å². The molecule has 0 spiro atoms. The van der Waals surface area contributed by atoms with Crippen molar-refractivity contribution in [2.45, 2.75) is 65.3 Å². The van der Waals surface area contributed by atoms with E-state index in [1.807, 2.05) is 0 Å². The number of hydrogen-bond donors (Lipinski definition) is 2. The van der Waals surface area contributed by atoms with Crippen molar-refractivity contribution >= 4 is 35.4 Å². The maximum Gasteiger partial charge on any atom is 0.303 e. The molecular formula is C22H28N2O10. The van der Waals surface area contributed by atoms with Crippen molar-refractivity contribution < 1.29 is 47.7 Å². The number of amides is 2. The minimum atomic E-state index is -1.23. The fourth-order valence-corrected chi connectivity index (χ4v) is 3.35. The highest BCUT2D eigenvalue weighted by Crippen LogP contribution is 2.29. The van der Waals surface area contributed by atoms with E-state index in [-0.39, 0.29) is 12.5 Å². The maximum absolute atomic E-state index is 11.9. The van der Waals surface area contributed by atoms with E-state index in [9.17, 15) is 24.0 Å². The molecule has 186 valence electrons. The molecule has 12 heteroatoms. The number of esters is 3. The molecule has 2 N–H and O–H groups in total. The molecule has 34 heavy (non-hydrogen) atoms. The van der Waals surface area contributed by atoms with Gasteiger partial charge in [-0.25, -0.2) is 0 Å². The van der Waals surface area contributed by atoms with E-state index in [1.165, 1.54) is 20.8 Å². The molecule has 1 fully saturated rings. The lowest BCUT2D eigenvalue weighted by molar-refractivity contribution is -0.257. The Morgan fingerprint density at radius 2 is 1.41 bits per heavy atom. The first-order valence-corrected chi connectivity index (χ1v) is 10.4. The highest BCUT2D eigenvalue weighted by molar-refractivity contribution is 5.88. The van der Waals surface area contributed by atoms with Crippen molar-refractivity contribution in [1.82, 2.24) is 5.32 Å². The number of benzene rings is 1. The van der Waals surface area contributed by atoms with Crippen molar-refractivity contribution in [3.63, 3.8) is 0 Å². The summed E-state index contributed by atoms with van der Waals surface area (Å²) in [6.45, 7) is 5.78. The second-order valence-corrected chi connectivity index (χ2v) is 7.54. The van der Waals surface area contributed by atoms with E-state index < -0.39 is 54.5 Å². The number of anilines is 1. The van der Waals surface area contributed by atoms with E-state index in [1.54, 1.807) is 24.3 Å². The summed E-state index contributed by atoms with van der Waals surface area (Å²) in [7, 11) is 0. The Morgan fingerprint density at radius 3 is 1.91 bits per heavy atom. The summed E-state index contributed by atoms with van der Waals surface area (Å²) < 4.78 is 27.6. The van der Waals surface area contributed by atoms with E-state index in [4.69, 9.17) is 23.7 Å². The summed E-state index contributed by atoms with van der Waals surface area (Å²) in [6, 6.07) is 5.21. The SMILES string of the molecule is CC(=O)Nc1ccc(O[C@H]2O[C@@H](COC(C)=O)[C@H](OC(C)=O)[C@@H](OC(C)=O)[C@@H]2NC(C)=O)cc1. The van der Waals surface area contributed by atoms with E-state index in [2.05, 4.69) is 10.6 Å². The van der Waals surface area contributed by atoms with Gasteiger partial charge in [-0.05, 0) is 24.3 Å². The summed E-state index contributed by atoms with van der Waals surface area (Å²) in [5.74, 6) is -2.45. The molecule has 2 rings (SSSR count). The third-order valence-corrected chi connectivity index (χ3v) is 4.50. The predicted molar refractivity (Wildman–Crippen MR) is 115 cm³/mol. The Balaban J connectivity index is 2.40. The molecule has 0 aromatic heterocycles. The van der Waals surface area contributed by atoms with Crippen LogP contribution in [0.1, 0.15) is 34.6 Å². The number of rotatable bonds is 8. The maximum atomic E-state index is 11.9. The van der Waals surface area contributed by atoms with Crippen LogP contribution in [0.25, 0.3) is 0 Å². The highest BCUT2D eigenvalue weighted by atomic mass is 16.7. The second-order valence-electron chi connectivity index (χ2n) is 7.54. The quantitative estimate of drug-likeness (QED) is 0.401. The molecule has 0 bridgehead atoms. The lowest BCUT2D eigenvalue weighted by atomic mass is 9.96. The van der Waals surface area contributed by atoms with Crippen molar-refractivity contribution in [1.29, 1.82) is 0 Å². The molecule has 5 atom stereocenters. The van der Waals surface area contributed by atoms with Gasteiger partial charge in [0.1, 0.15) is 24.5 Å². The average Bonchev–Trinajstić information content (AvgIpc) is 2.71. The van der Waals surface area contributed by atoms with Gasteiger partial charge in [0.2, 0.25) is 18.1 Å². The first-order chi connectivity index (χ1) is 16.0. The number of nitrogens with one attached hydrogen (secondary N) is 2. The lowest BCUT2D eigenvalue weighted by Crippen LogP contribution is -2.67. The zero-order chi connectivity index (χ0) is 25.4. The first kappa shape index (κ1) is 26.6. The molecule has 2 amide bonds. The fraction of sp³-hybridized carbons (Fsp3) is 0.500. The molecule has 1 aliphatic heterocycles. The zero-order valence-electron chi connectivity index (χ0n) is 19.5. The average molecular weight is 480 g/mol. The van der Waals surface area contributed by atoms with Gasteiger partial charge in [0.25, 0.3) is 0 Å². The van der Waals surface area contributed by atoms with Gasteiger partial charge < -0.3 is 34.3 Å². The van der Waals surface area contributed by atoms with Gasteiger partial charge in [0.15, 0.2) is 12.2 Å². The molecule has 12 nitrogen and oxygen atoms in total. The third kappa shape index (κ3) is 8.03. The van der Waals surface area contributed by atoms with Crippen LogP contribution in [0, 0.1) is 0 Å². The third-order valence-electron chi connectivity index (χ3n) is 4.50. The summed E-state index contributed by atoms with van der Waals surface area (Å²) >= 11 is 0. The molecule has 0 radical (unpaired) electrons. The molecule has 1 heterocycles. The smallest absolute Gasteiger partial charge is 0.303 e. The minimum absolute atomic E-state index is 0.246. The van der Waals surface area contributed by atoms with Crippen molar-refractivity contribution in [2.75, 3.05) is 11.9 Å².